The zero-order valence-electron chi connectivity index (χ0n) is 17.3. The van der Waals surface area contributed by atoms with E-state index in [9.17, 15) is 24.3 Å². The summed E-state index contributed by atoms with van der Waals surface area (Å²) in [5.74, 6) is -1.71. The molecule has 3 rings (SSSR count). The number of carbonyl (C=O) groups is 4. The minimum Gasteiger partial charge on any atom is -0.507 e. The van der Waals surface area contributed by atoms with Gasteiger partial charge in [-0.15, -0.1) is 0 Å². The van der Waals surface area contributed by atoms with E-state index < -0.39 is 29.6 Å². The highest BCUT2D eigenvalue weighted by Crippen LogP contribution is 2.33. The first-order valence-electron chi connectivity index (χ1n) is 9.70. The maximum absolute atomic E-state index is 12.7. The lowest BCUT2D eigenvalue weighted by Crippen LogP contribution is -2.36. The lowest BCUT2D eigenvalue weighted by molar-refractivity contribution is -0.127. The molecule has 1 aliphatic rings. The highest BCUT2D eigenvalue weighted by Gasteiger charge is 2.36. The Kier molecular flexibility index (Phi) is 8.38. The summed E-state index contributed by atoms with van der Waals surface area (Å²) >= 11 is 8.73. The SMILES string of the molecule is CCCOC(=O)c1cc(NC(=O)CN2C(=O)S/C(=C\c3ccc(O)c(I)c3)C2=O)ccc1Cl. The van der Waals surface area contributed by atoms with Gasteiger partial charge in [0.2, 0.25) is 5.91 Å². The lowest BCUT2D eigenvalue weighted by atomic mass is 10.2. The van der Waals surface area contributed by atoms with E-state index in [1.165, 1.54) is 30.3 Å². The number of hydrogen-bond acceptors (Lipinski definition) is 7. The molecule has 172 valence electrons. The number of amides is 3. The number of esters is 1. The summed E-state index contributed by atoms with van der Waals surface area (Å²) in [6, 6.07) is 9.09. The van der Waals surface area contributed by atoms with Crippen LogP contribution in [0.4, 0.5) is 10.5 Å². The number of rotatable bonds is 7. The molecule has 0 atom stereocenters. The standard InChI is InChI=1S/C22H18ClIN2O6S/c1-2-7-32-21(30)14-10-13(4-5-15(14)23)25-19(28)11-26-20(29)18(33-22(26)31)9-12-3-6-17(27)16(24)8-12/h3-6,8-10,27H,2,7,11H2,1H3,(H,25,28)/b18-9-. The summed E-state index contributed by atoms with van der Waals surface area (Å²) in [5, 5.41) is 11.8. The minimum absolute atomic E-state index is 0.0977. The maximum atomic E-state index is 12.7. The second kappa shape index (κ2) is 11.0. The number of ether oxygens (including phenoxy) is 1. The summed E-state index contributed by atoms with van der Waals surface area (Å²) in [7, 11) is 0. The van der Waals surface area contributed by atoms with E-state index in [1.54, 1.807) is 12.1 Å². The molecule has 1 fully saturated rings. The summed E-state index contributed by atoms with van der Waals surface area (Å²) in [6.07, 6.45) is 2.18. The van der Waals surface area contributed by atoms with Crippen molar-refractivity contribution in [2.75, 3.05) is 18.5 Å². The molecule has 8 nitrogen and oxygen atoms in total. The topological polar surface area (TPSA) is 113 Å². The van der Waals surface area contributed by atoms with Crippen molar-refractivity contribution in [2.24, 2.45) is 0 Å². The summed E-state index contributed by atoms with van der Waals surface area (Å²) in [4.78, 5) is 50.6. The van der Waals surface area contributed by atoms with Gasteiger partial charge in [0.1, 0.15) is 12.3 Å². The monoisotopic (exact) mass is 600 g/mol. The van der Waals surface area contributed by atoms with Gasteiger partial charge in [-0.2, -0.15) is 0 Å². The van der Waals surface area contributed by atoms with E-state index in [0.29, 0.717) is 15.6 Å². The van der Waals surface area contributed by atoms with Crippen molar-refractivity contribution in [2.45, 2.75) is 13.3 Å². The molecule has 0 aliphatic carbocycles. The van der Waals surface area contributed by atoms with Crippen LogP contribution < -0.4 is 5.32 Å². The Hall–Kier alpha value is -2.57. The van der Waals surface area contributed by atoms with E-state index in [4.69, 9.17) is 16.3 Å². The van der Waals surface area contributed by atoms with Crippen LogP contribution in [0.25, 0.3) is 6.08 Å². The van der Waals surface area contributed by atoms with Crippen LogP contribution in [0.5, 0.6) is 5.75 Å². The molecule has 0 unspecified atom stereocenters. The van der Waals surface area contributed by atoms with Crippen molar-refractivity contribution in [3.63, 3.8) is 0 Å². The quantitative estimate of drug-likeness (QED) is 0.264. The van der Waals surface area contributed by atoms with E-state index in [2.05, 4.69) is 5.32 Å². The molecule has 11 heteroatoms. The first-order valence-corrected chi connectivity index (χ1v) is 12.0. The number of carbonyl (C=O) groups excluding carboxylic acids is 4. The molecule has 0 bridgehead atoms. The molecule has 2 aromatic carbocycles. The Balaban J connectivity index is 1.68. The molecule has 3 amide bonds. The number of anilines is 1. The minimum atomic E-state index is -0.618. The van der Waals surface area contributed by atoms with Crippen molar-refractivity contribution in [3.05, 3.63) is 61.0 Å². The molecular weight excluding hydrogens is 583 g/mol. The average Bonchev–Trinajstić information content (AvgIpc) is 3.03. The molecule has 1 saturated heterocycles. The first kappa shape index (κ1) is 25.1. The fraction of sp³-hybridized carbons (Fsp3) is 0.182. The number of aromatic hydroxyl groups is 1. The van der Waals surface area contributed by atoms with Crippen LogP contribution in [0.2, 0.25) is 5.02 Å². The molecule has 0 radical (unpaired) electrons. The van der Waals surface area contributed by atoms with Crippen molar-refractivity contribution < 1.29 is 29.0 Å². The van der Waals surface area contributed by atoms with E-state index in [-0.39, 0.29) is 33.5 Å². The highest BCUT2D eigenvalue weighted by atomic mass is 127. The molecule has 1 heterocycles. The number of benzene rings is 2. The van der Waals surface area contributed by atoms with Gasteiger partial charge in [-0.1, -0.05) is 24.6 Å². The molecule has 1 aliphatic heterocycles. The normalized spacial score (nSPS) is 14.6. The molecule has 33 heavy (non-hydrogen) atoms. The van der Waals surface area contributed by atoms with Gasteiger partial charge in [0, 0.05) is 5.69 Å². The molecule has 0 saturated carbocycles. The van der Waals surface area contributed by atoms with Gasteiger partial charge >= 0.3 is 5.97 Å². The van der Waals surface area contributed by atoms with E-state index >= 15 is 0 Å². The Morgan fingerprint density at radius 3 is 2.70 bits per heavy atom. The number of phenols is 1. The van der Waals surface area contributed by atoms with Crippen LogP contribution in [0.1, 0.15) is 29.3 Å². The van der Waals surface area contributed by atoms with E-state index in [0.717, 1.165) is 16.7 Å². The summed E-state index contributed by atoms with van der Waals surface area (Å²) in [5.41, 5.74) is 1.00. The van der Waals surface area contributed by atoms with E-state index in [1.807, 2.05) is 29.5 Å². The van der Waals surface area contributed by atoms with Crippen LogP contribution in [-0.4, -0.2) is 46.2 Å². The predicted molar refractivity (Wildman–Crippen MR) is 134 cm³/mol. The number of halogens is 2. The van der Waals surface area contributed by atoms with Gasteiger partial charge < -0.3 is 15.2 Å². The Bertz CT molecular complexity index is 1170. The van der Waals surface area contributed by atoms with Gasteiger partial charge in [0.15, 0.2) is 0 Å². The van der Waals surface area contributed by atoms with Crippen molar-refractivity contribution >= 4 is 80.7 Å². The van der Waals surface area contributed by atoms with Crippen molar-refractivity contribution in [1.82, 2.24) is 4.90 Å². The summed E-state index contributed by atoms with van der Waals surface area (Å²) < 4.78 is 5.67. The zero-order valence-corrected chi connectivity index (χ0v) is 21.0. The smallest absolute Gasteiger partial charge is 0.339 e. The highest BCUT2D eigenvalue weighted by molar-refractivity contribution is 14.1. The molecule has 2 N–H and O–H groups in total. The third-order valence-corrected chi connectivity index (χ3v) is 6.45. The number of imide groups is 1. The second-order valence-corrected chi connectivity index (χ2v) is 9.42. The fourth-order valence-electron chi connectivity index (χ4n) is 2.78. The zero-order chi connectivity index (χ0) is 24.1. The maximum Gasteiger partial charge on any atom is 0.339 e. The molecule has 0 aromatic heterocycles. The number of hydrogen-bond donors (Lipinski definition) is 2. The number of nitrogens with zero attached hydrogens (tertiary/aromatic N) is 1. The third-order valence-electron chi connectivity index (χ3n) is 4.35. The Morgan fingerprint density at radius 1 is 1.24 bits per heavy atom. The third kappa shape index (κ3) is 6.27. The molecular formula is C22H18ClIN2O6S. The average molecular weight is 601 g/mol. The van der Waals surface area contributed by atoms with Crippen LogP contribution in [0, 0.1) is 3.57 Å². The summed E-state index contributed by atoms with van der Waals surface area (Å²) in [6.45, 7) is 1.60. The van der Waals surface area contributed by atoms with Gasteiger partial charge in [0.05, 0.1) is 25.7 Å². The molecule has 2 aromatic rings. The predicted octanol–water partition coefficient (Wildman–Crippen LogP) is 4.89. The van der Waals surface area contributed by atoms with Crippen LogP contribution in [-0.2, 0) is 14.3 Å². The molecule has 0 spiro atoms. The lowest BCUT2D eigenvalue weighted by Gasteiger charge is -2.13. The second-order valence-electron chi connectivity index (χ2n) is 6.86. The Labute approximate surface area is 212 Å². The van der Waals surface area contributed by atoms with Gasteiger partial charge in [0.25, 0.3) is 11.1 Å². The Morgan fingerprint density at radius 2 is 2.00 bits per heavy atom. The number of thioether (sulfide) groups is 1. The van der Waals surface area contributed by atoms with Gasteiger partial charge in [-0.25, -0.2) is 4.79 Å². The first-order chi connectivity index (χ1) is 15.7. The largest absolute Gasteiger partial charge is 0.507 e. The number of nitrogens with one attached hydrogen (secondary N) is 1. The van der Waals surface area contributed by atoms with Crippen molar-refractivity contribution in [1.29, 1.82) is 0 Å². The van der Waals surface area contributed by atoms with Crippen LogP contribution in [0.15, 0.2) is 41.3 Å². The van der Waals surface area contributed by atoms with Crippen molar-refractivity contribution in [3.8, 4) is 5.75 Å². The van der Waals surface area contributed by atoms with Gasteiger partial charge in [-0.05, 0) is 82.7 Å². The fourth-order valence-corrected chi connectivity index (χ4v) is 4.35. The van der Waals surface area contributed by atoms with Gasteiger partial charge in [-0.3, -0.25) is 19.3 Å². The van der Waals surface area contributed by atoms with Crippen LogP contribution in [0.3, 0.4) is 0 Å². The van der Waals surface area contributed by atoms with Crippen LogP contribution >= 0.6 is 46.0 Å². The number of phenolic OH excluding ortho intramolecular Hbond substituents is 1.